The molecule has 5 nitrogen and oxygen atoms in total. The van der Waals surface area contributed by atoms with Crippen molar-refractivity contribution in [1.29, 1.82) is 0 Å². The molecule has 0 aromatic heterocycles. The summed E-state index contributed by atoms with van der Waals surface area (Å²) in [5.41, 5.74) is 0.592. The van der Waals surface area contributed by atoms with Gasteiger partial charge >= 0.3 is 0 Å². The third-order valence-corrected chi connectivity index (χ3v) is 5.57. The van der Waals surface area contributed by atoms with Gasteiger partial charge in [0.2, 0.25) is 5.91 Å². The van der Waals surface area contributed by atoms with E-state index in [1.54, 1.807) is 0 Å². The van der Waals surface area contributed by atoms with E-state index >= 15 is 0 Å². The summed E-state index contributed by atoms with van der Waals surface area (Å²) in [6, 6.07) is 14.1. The Morgan fingerprint density at radius 3 is 2.69 bits per heavy atom. The van der Waals surface area contributed by atoms with Crippen LogP contribution in [0.5, 0.6) is 0 Å². The van der Waals surface area contributed by atoms with Crippen molar-refractivity contribution in [3.63, 3.8) is 0 Å². The topological polar surface area (TPSA) is 52.7 Å². The lowest BCUT2D eigenvalue weighted by molar-refractivity contribution is -0.130. The highest BCUT2D eigenvalue weighted by molar-refractivity contribution is 6.00. The molecular weight excluding hydrogens is 326 g/mol. The number of hydrogen-bond acceptors (Lipinski definition) is 3. The average molecular weight is 351 g/mol. The van der Waals surface area contributed by atoms with Gasteiger partial charge in [-0.3, -0.25) is 14.5 Å². The predicted octanol–water partition coefficient (Wildman–Crippen LogP) is 2.27. The van der Waals surface area contributed by atoms with Crippen molar-refractivity contribution in [2.75, 3.05) is 32.7 Å². The highest BCUT2D eigenvalue weighted by Crippen LogP contribution is 2.21. The average Bonchev–Trinajstić information content (AvgIpc) is 3.02. The molecule has 5 heteroatoms. The predicted molar refractivity (Wildman–Crippen MR) is 102 cm³/mol. The van der Waals surface area contributed by atoms with Crippen LogP contribution >= 0.6 is 0 Å². The maximum absolute atomic E-state index is 12.6. The maximum Gasteiger partial charge on any atom is 0.251 e. The summed E-state index contributed by atoms with van der Waals surface area (Å²) in [7, 11) is 0. The molecule has 4 rings (SSSR count). The lowest BCUT2D eigenvalue weighted by Gasteiger charge is -2.25. The third-order valence-electron chi connectivity index (χ3n) is 5.57. The first kappa shape index (κ1) is 17.0. The zero-order valence-corrected chi connectivity index (χ0v) is 15.0. The van der Waals surface area contributed by atoms with Crippen molar-refractivity contribution in [3.05, 3.63) is 48.0 Å². The Bertz CT molecular complexity index is 820. The molecule has 2 fully saturated rings. The smallest absolute Gasteiger partial charge is 0.251 e. The van der Waals surface area contributed by atoms with Gasteiger partial charge in [-0.15, -0.1) is 0 Å². The van der Waals surface area contributed by atoms with E-state index in [0.29, 0.717) is 11.6 Å². The Balaban J connectivity index is 1.36. The van der Waals surface area contributed by atoms with Gasteiger partial charge in [0.1, 0.15) is 0 Å². The van der Waals surface area contributed by atoms with Crippen LogP contribution in [-0.4, -0.2) is 60.4 Å². The number of benzene rings is 2. The summed E-state index contributed by atoms with van der Waals surface area (Å²) < 4.78 is 0. The van der Waals surface area contributed by atoms with Gasteiger partial charge in [0, 0.05) is 31.2 Å². The summed E-state index contributed by atoms with van der Waals surface area (Å²) in [5, 5.41) is 4.93. The molecule has 0 unspecified atom stereocenters. The van der Waals surface area contributed by atoms with E-state index in [1.165, 1.54) is 12.8 Å². The molecule has 0 bridgehead atoms. The van der Waals surface area contributed by atoms with Gasteiger partial charge in [-0.25, -0.2) is 0 Å². The van der Waals surface area contributed by atoms with Crippen molar-refractivity contribution in [1.82, 2.24) is 15.1 Å². The van der Waals surface area contributed by atoms with E-state index in [-0.39, 0.29) is 18.4 Å². The lowest BCUT2D eigenvalue weighted by atomic mass is 10.1. The van der Waals surface area contributed by atoms with Crippen LogP contribution in [0.1, 0.15) is 29.6 Å². The molecule has 26 heavy (non-hydrogen) atoms. The van der Waals surface area contributed by atoms with Crippen molar-refractivity contribution >= 4 is 22.6 Å². The molecule has 1 atom stereocenters. The van der Waals surface area contributed by atoms with Crippen LogP contribution in [0.4, 0.5) is 0 Å². The molecule has 0 saturated carbocycles. The quantitative estimate of drug-likeness (QED) is 0.923. The van der Waals surface area contributed by atoms with Gasteiger partial charge in [-0.05, 0) is 48.7 Å². The van der Waals surface area contributed by atoms with Crippen molar-refractivity contribution in [2.24, 2.45) is 0 Å². The molecule has 0 aliphatic carbocycles. The van der Waals surface area contributed by atoms with Gasteiger partial charge in [0.15, 0.2) is 0 Å². The number of hydrogen-bond donors (Lipinski definition) is 1. The fourth-order valence-corrected chi connectivity index (χ4v) is 4.13. The largest absolute Gasteiger partial charge is 0.343 e. The Hall–Kier alpha value is -2.40. The second-order valence-corrected chi connectivity index (χ2v) is 7.27. The molecule has 2 saturated heterocycles. The van der Waals surface area contributed by atoms with E-state index < -0.39 is 0 Å². The molecule has 1 N–H and O–H groups in total. The Kier molecular flexibility index (Phi) is 4.89. The van der Waals surface area contributed by atoms with Crippen LogP contribution in [0.15, 0.2) is 42.5 Å². The molecule has 0 radical (unpaired) electrons. The first-order valence-electron chi connectivity index (χ1n) is 9.49. The fraction of sp³-hybridized carbons (Fsp3) is 0.429. The van der Waals surface area contributed by atoms with Crippen molar-refractivity contribution < 1.29 is 9.59 Å². The summed E-state index contributed by atoms with van der Waals surface area (Å²) in [6.45, 7) is 3.89. The number of nitrogens with one attached hydrogen (secondary N) is 1. The van der Waals surface area contributed by atoms with Crippen LogP contribution in [-0.2, 0) is 4.79 Å². The summed E-state index contributed by atoms with van der Waals surface area (Å²) in [6.07, 6.45) is 3.42. The van der Waals surface area contributed by atoms with Crippen LogP contribution < -0.4 is 5.32 Å². The Morgan fingerprint density at radius 1 is 1.00 bits per heavy atom. The monoisotopic (exact) mass is 351 g/mol. The number of fused-ring (bicyclic) bond motifs is 2. The van der Waals surface area contributed by atoms with E-state index in [2.05, 4.69) is 10.2 Å². The van der Waals surface area contributed by atoms with Gasteiger partial charge in [-0.2, -0.15) is 0 Å². The molecule has 2 aliphatic rings. The first-order chi connectivity index (χ1) is 12.7. The van der Waals surface area contributed by atoms with E-state index in [1.807, 2.05) is 47.4 Å². The summed E-state index contributed by atoms with van der Waals surface area (Å²) in [5.74, 6) is -0.172. The third kappa shape index (κ3) is 3.58. The molecule has 2 heterocycles. The molecule has 2 amide bonds. The second-order valence-electron chi connectivity index (χ2n) is 7.27. The number of amides is 2. The zero-order valence-electron chi connectivity index (χ0n) is 15.0. The van der Waals surface area contributed by atoms with Crippen LogP contribution in [0, 0.1) is 0 Å². The molecule has 2 aromatic rings. The molecule has 0 spiro atoms. The molecule has 136 valence electrons. The molecule has 2 aliphatic heterocycles. The van der Waals surface area contributed by atoms with E-state index in [0.717, 1.165) is 43.4 Å². The Morgan fingerprint density at radius 2 is 1.81 bits per heavy atom. The standard InChI is InChI=1S/C21H25N3O2/c25-20(24-12-4-11-23-10-3-7-19(23)15-24)14-22-21(26)18-9-8-16-5-1-2-6-17(16)13-18/h1-2,5-6,8-9,13,19H,3-4,7,10-12,14-15H2,(H,22,26)/t19-/m0/s1. The van der Waals surface area contributed by atoms with Gasteiger partial charge in [-0.1, -0.05) is 30.3 Å². The summed E-state index contributed by atoms with van der Waals surface area (Å²) >= 11 is 0. The second kappa shape index (κ2) is 7.46. The highest BCUT2D eigenvalue weighted by Gasteiger charge is 2.30. The minimum atomic E-state index is -0.193. The molecular formula is C21H25N3O2. The van der Waals surface area contributed by atoms with Crippen molar-refractivity contribution in [3.8, 4) is 0 Å². The number of carbonyl (C=O) groups excluding carboxylic acids is 2. The lowest BCUT2D eigenvalue weighted by Crippen LogP contribution is -2.44. The van der Waals surface area contributed by atoms with Crippen LogP contribution in [0.2, 0.25) is 0 Å². The van der Waals surface area contributed by atoms with Gasteiger partial charge in [0.25, 0.3) is 5.91 Å². The normalized spacial score (nSPS) is 20.6. The number of nitrogens with zero attached hydrogens (tertiary/aromatic N) is 2. The van der Waals surface area contributed by atoms with Crippen LogP contribution in [0.25, 0.3) is 10.8 Å². The number of carbonyl (C=O) groups is 2. The minimum Gasteiger partial charge on any atom is -0.343 e. The first-order valence-corrected chi connectivity index (χ1v) is 9.49. The zero-order chi connectivity index (χ0) is 17.9. The van der Waals surface area contributed by atoms with Crippen molar-refractivity contribution in [2.45, 2.75) is 25.3 Å². The van der Waals surface area contributed by atoms with Gasteiger partial charge < -0.3 is 10.2 Å². The van der Waals surface area contributed by atoms with E-state index in [9.17, 15) is 9.59 Å². The SMILES string of the molecule is O=C(NCC(=O)N1CCCN2CCC[C@H]2C1)c1ccc2ccccc2c1. The van der Waals surface area contributed by atoms with Crippen LogP contribution in [0.3, 0.4) is 0 Å². The van der Waals surface area contributed by atoms with Gasteiger partial charge in [0.05, 0.1) is 6.54 Å². The maximum atomic E-state index is 12.6. The molecule has 2 aromatic carbocycles. The summed E-state index contributed by atoms with van der Waals surface area (Å²) in [4.78, 5) is 29.4. The van der Waals surface area contributed by atoms with E-state index in [4.69, 9.17) is 0 Å². The minimum absolute atomic E-state index is 0.0212. The number of rotatable bonds is 3. The fourth-order valence-electron chi connectivity index (χ4n) is 4.13. The highest BCUT2D eigenvalue weighted by atomic mass is 16.2. The Labute approximate surface area is 154 Å².